The Morgan fingerprint density at radius 3 is 2.32 bits per heavy atom. The summed E-state index contributed by atoms with van der Waals surface area (Å²) in [6.45, 7) is -6.53. The molecule has 0 saturated carbocycles. The van der Waals surface area contributed by atoms with Gasteiger partial charge in [0.05, 0.1) is 23.7 Å². The summed E-state index contributed by atoms with van der Waals surface area (Å²) in [6, 6.07) is 11.9. The Kier molecular flexibility index (Phi) is 8.23. The van der Waals surface area contributed by atoms with E-state index in [0.717, 1.165) is 22.5 Å². The number of alkyl halides is 4. The molecule has 13 heteroatoms. The highest BCUT2D eigenvalue weighted by Gasteiger charge is 2.27. The minimum absolute atomic E-state index is 0.00287. The van der Waals surface area contributed by atoms with E-state index in [9.17, 15) is 26.0 Å². The van der Waals surface area contributed by atoms with Crippen LogP contribution >= 0.6 is 0 Å². The quantitative estimate of drug-likeness (QED) is 0.364. The lowest BCUT2D eigenvalue weighted by Gasteiger charge is -2.22. The standard InChI is InChI=1S/C21H19F4N3O5S/c1-31-12-11-28(34(29,30)15-5-3-2-4-6-15)21-26-10-9-17(27-21)16-13-14(32-19(22)23)7-8-18(16)33-20(24)25/h2-10,13,19-20H,11-12H2,1H3. The van der Waals surface area contributed by atoms with Crippen molar-refractivity contribution < 1.29 is 40.2 Å². The molecule has 3 rings (SSSR count). The molecular formula is C21H19F4N3O5S. The summed E-state index contributed by atoms with van der Waals surface area (Å²) in [5.41, 5.74) is -0.197. The predicted molar refractivity (Wildman–Crippen MR) is 114 cm³/mol. The Morgan fingerprint density at radius 2 is 1.68 bits per heavy atom. The Hall–Kier alpha value is -3.45. The first kappa shape index (κ1) is 25.2. The molecule has 0 aliphatic heterocycles. The maximum absolute atomic E-state index is 13.2. The Balaban J connectivity index is 2.10. The van der Waals surface area contributed by atoms with Crippen molar-refractivity contribution in [3.63, 3.8) is 0 Å². The second-order valence-electron chi connectivity index (χ2n) is 6.54. The van der Waals surface area contributed by atoms with Crippen LogP contribution in [0.2, 0.25) is 0 Å². The van der Waals surface area contributed by atoms with E-state index >= 15 is 0 Å². The van der Waals surface area contributed by atoms with Crippen LogP contribution in [-0.4, -0.2) is 51.9 Å². The van der Waals surface area contributed by atoms with E-state index in [1.165, 1.54) is 31.5 Å². The van der Waals surface area contributed by atoms with E-state index < -0.39 is 23.2 Å². The zero-order valence-corrected chi connectivity index (χ0v) is 18.5. The molecule has 34 heavy (non-hydrogen) atoms. The highest BCUT2D eigenvalue weighted by Crippen LogP contribution is 2.35. The SMILES string of the molecule is COCCN(c1nccc(-c2cc(OC(F)F)ccc2OC(F)F)n1)S(=O)(=O)c1ccccc1. The topological polar surface area (TPSA) is 90.8 Å². The molecule has 3 aromatic rings. The Morgan fingerprint density at radius 1 is 0.971 bits per heavy atom. The molecule has 0 atom stereocenters. The predicted octanol–water partition coefficient (Wildman–Crippen LogP) is 4.19. The van der Waals surface area contributed by atoms with Gasteiger partial charge in [-0.1, -0.05) is 18.2 Å². The third-order valence-corrected chi connectivity index (χ3v) is 6.16. The van der Waals surface area contributed by atoms with Gasteiger partial charge in [-0.25, -0.2) is 22.7 Å². The lowest BCUT2D eigenvalue weighted by atomic mass is 10.1. The maximum Gasteiger partial charge on any atom is 0.387 e. The highest BCUT2D eigenvalue weighted by molar-refractivity contribution is 7.92. The van der Waals surface area contributed by atoms with E-state index in [-0.39, 0.29) is 46.8 Å². The Labute approximate surface area is 192 Å². The van der Waals surface area contributed by atoms with E-state index in [1.807, 2.05) is 0 Å². The molecule has 8 nitrogen and oxygen atoms in total. The number of rotatable bonds is 11. The lowest BCUT2D eigenvalue weighted by Crippen LogP contribution is -2.35. The van der Waals surface area contributed by atoms with E-state index in [0.29, 0.717) is 0 Å². The minimum Gasteiger partial charge on any atom is -0.435 e. The normalized spacial score (nSPS) is 11.6. The third-order valence-electron chi connectivity index (χ3n) is 4.36. The summed E-state index contributed by atoms with van der Waals surface area (Å²) >= 11 is 0. The summed E-state index contributed by atoms with van der Waals surface area (Å²) in [4.78, 5) is 8.17. The van der Waals surface area contributed by atoms with Crippen molar-refractivity contribution in [3.8, 4) is 22.8 Å². The van der Waals surface area contributed by atoms with Crippen LogP contribution in [0.5, 0.6) is 11.5 Å². The molecule has 182 valence electrons. The van der Waals surface area contributed by atoms with Crippen molar-refractivity contribution in [1.82, 2.24) is 9.97 Å². The monoisotopic (exact) mass is 501 g/mol. The van der Waals surface area contributed by atoms with Crippen molar-refractivity contribution in [2.75, 3.05) is 24.6 Å². The smallest absolute Gasteiger partial charge is 0.387 e. The Bertz CT molecular complexity index is 1200. The molecule has 0 bridgehead atoms. The van der Waals surface area contributed by atoms with Crippen LogP contribution in [-0.2, 0) is 14.8 Å². The van der Waals surface area contributed by atoms with Crippen LogP contribution < -0.4 is 13.8 Å². The van der Waals surface area contributed by atoms with Gasteiger partial charge < -0.3 is 14.2 Å². The minimum atomic E-state index is -4.13. The second-order valence-corrected chi connectivity index (χ2v) is 8.40. The van der Waals surface area contributed by atoms with E-state index in [1.54, 1.807) is 18.2 Å². The number of hydrogen-bond donors (Lipinski definition) is 0. The zero-order chi connectivity index (χ0) is 24.7. The van der Waals surface area contributed by atoms with Crippen LogP contribution in [0.15, 0.2) is 65.7 Å². The van der Waals surface area contributed by atoms with Crippen LogP contribution in [0, 0.1) is 0 Å². The van der Waals surface area contributed by atoms with Gasteiger partial charge in [0.1, 0.15) is 11.5 Å². The summed E-state index contributed by atoms with van der Waals surface area (Å²) in [5, 5.41) is 0. The van der Waals surface area contributed by atoms with Crippen LogP contribution in [0.25, 0.3) is 11.3 Å². The van der Waals surface area contributed by atoms with Gasteiger partial charge in [0, 0.05) is 18.9 Å². The largest absolute Gasteiger partial charge is 0.435 e. The molecular weight excluding hydrogens is 482 g/mol. The average molecular weight is 501 g/mol. The molecule has 0 fully saturated rings. The molecule has 0 radical (unpaired) electrons. The fourth-order valence-corrected chi connectivity index (χ4v) is 4.30. The first-order chi connectivity index (χ1) is 16.2. The average Bonchev–Trinajstić information content (AvgIpc) is 2.80. The van der Waals surface area contributed by atoms with Crippen molar-refractivity contribution in [2.45, 2.75) is 18.1 Å². The van der Waals surface area contributed by atoms with Crippen LogP contribution in [0.3, 0.4) is 0 Å². The van der Waals surface area contributed by atoms with Gasteiger partial charge in [-0.3, -0.25) is 0 Å². The number of ether oxygens (including phenoxy) is 3. The van der Waals surface area contributed by atoms with Gasteiger partial charge >= 0.3 is 13.2 Å². The summed E-state index contributed by atoms with van der Waals surface area (Å²) < 4.78 is 92.3. The molecule has 0 N–H and O–H groups in total. The van der Waals surface area contributed by atoms with E-state index in [4.69, 9.17) is 4.74 Å². The third kappa shape index (κ3) is 6.11. The molecule has 1 aromatic heterocycles. The summed E-state index contributed by atoms with van der Waals surface area (Å²) in [5.74, 6) is -1.00. The van der Waals surface area contributed by atoms with Crippen molar-refractivity contribution in [2.24, 2.45) is 0 Å². The number of sulfonamides is 1. The molecule has 0 aliphatic rings. The van der Waals surface area contributed by atoms with Gasteiger partial charge in [0.2, 0.25) is 5.95 Å². The van der Waals surface area contributed by atoms with Gasteiger partial charge in [-0.2, -0.15) is 17.6 Å². The fraction of sp³-hybridized carbons (Fsp3) is 0.238. The van der Waals surface area contributed by atoms with Crippen LogP contribution in [0.4, 0.5) is 23.5 Å². The highest BCUT2D eigenvalue weighted by atomic mass is 32.2. The first-order valence-electron chi connectivity index (χ1n) is 9.66. The fourth-order valence-electron chi connectivity index (χ4n) is 2.92. The zero-order valence-electron chi connectivity index (χ0n) is 17.6. The van der Waals surface area contributed by atoms with Crippen molar-refractivity contribution in [1.29, 1.82) is 0 Å². The van der Waals surface area contributed by atoms with Gasteiger partial charge in [-0.15, -0.1) is 0 Å². The van der Waals surface area contributed by atoms with Crippen LogP contribution in [0.1, 0.15) is 0 Å². The van der Waals surface area contributed by atoms with Gasteiger partial charge in [0.15, 0.2) is 0 Å². The molecule has 0 amide bonds. The van der Waals surface area contributed by atoms with Gasteiger partial charge in [-0.05, 0) is 36.4 Å². The second kappa shape index (κ2) is 11.1. The van der Waals surface area contributed by atoms with Crippen molar-refractivity contribution >= 4 is 16.0 Å². The molecule has 0 unspecified atom stereocenters. The molecule has 0 spiro atoms. The molecule has 1 heterocycles. The number of aromatic nitrogens is 2. The molecule has 0 aliphatic carbocycles. The maximum atomic E-state index is 13.2. The number of benzene rings is 2. The first-order valence-corrected chi connectivity index (χ1v) is 11.1. The van der Waals surface area contributed by atoms with E-state index in [2.05, 4.69) is 19.4 Å². The molecule has 2 aromatic carbocycles. The lowest BCUT2D eigenvalue weighted by molar-refractivity contribution is -0.0526. The number of methoxy groups -OCH3 is 1. The summed E-state index contributed by atoms with van der Waals surface area (Å²) in [6.07, 6.45) is 1.20. The van der Waals surface area contributed by atoms with Gasteiger partial charge in [0.25, 0.3) is 10.0 Å². The summed E-state index contributed by atoms with van der Waals surface area (Å²) in [7, 11) is -2.74. The van der Waals surface area contributed by atoms with Crippen molar-refractivity contribution in [3.05, 3.63) is 60.8 Å². The number of nitrogens with zero attached hydrogens (tertiary/aromatic N) is 3. The number of hydrogen-bond acceptors (Lipinski definition) is 7. The number of halogens is 4. The molecule has 0 saturated heterocycles. The number of anilines is 1.